The number of hydrogen-bond acceptors (Lipinski definition) is 6. The topological polar surface area (TPSA) is 98.9 Å². The van der Waals surface area contributed by atoms with Crippen molar-refractivity contribution in [1.82, 2.24) is 4.90 Å². The summed E-state index contributed by atoms with van der Waals surface area (Å²) in [5.41, 5.74) is 4.66. The summed E-state index contributed by atoms with van der Waals surface area (Å²) in [6, 6.07) is 9.03. The molecule has 1 saturated heterocycles. The fraction of sp³-hybridized carbons (Fsp3) is 0.278. The molecule has 7 nitrogen and oxygen atoms in total. The van der Waals surface area contributed by atoms with Crippen molar-refractivity contribution in [3.63, 3.8) is 0 Å². The SMILES string of the molecule is COC(=O)C1(N2C(=O)CCC2=O)C=C(N)C(Oc2ccccc2)=CC1. The maximum absolute atomic E-state index is 12.4. The molecule has 0 spiro atoms. The molecule has 25 heavy (non-hydrogen) atoms. The molecule has 0 aromatic heterocycles. The highest BCUT2D eigenvalue weighted by atomic mass is 16.5. The Labute approximate surface area is 144 Å². The number of hydrogen-bond donors (Lipinski definition) is 1. The van der Waals surface area contributed by atoms with E-state index in [0.29, 0.717) is 11.5 Å². The molecule has 1 atom stereocenters. The first-order valence-corrected chi connectivity index (χ1v) is 7.84. The minimum absolute atomic E-state index is 0.0417. The molecular formula is C18H18N2O5. The minimum Gasteiger partial charge on any atom is -0.467 e. The second-order valence-corrected chi connectivity index (χ2v) is 5.83. The van der Waals surface area contributed by atoms with E-state index >= 15 is 0 Å². The third-order valence-electron chi connectivity index (χ3n) is 4.24. The van der Waals surface area contributed by atoms with Crippen LogP contribution < -0.4 is 10.5 Å². The smallest absolute Gasteiger partial charge is 0.336 e. The summed E-state index contributed by atoms with van der Waals surface area (Å²) in [6.45, 7) is 0. The molecular weight excluding hydrogens is 324 g/mol. The number of nitrogens with two attached hydrogens (primary N) is 1. The summed E-state index contributed by atoms with van der Waals surface area (Å²) in [5, 5.41) is 0. The number of methoxy groups -OCH3 is 1. The van der Waals surface area contributed by atoms with E-state index in [1.54, 1.807) is 18.2 Å². The minimum atomic E-state index is -1.56. The van der Waals surface area contributed by atoms with Crippen molar-refractivity contribution in [2.45, 2.75) is 24.8 Å². The van der Waals surface area contributed by atoms with Gasteiger partial charge in [-0.25, -0.2) is 4.79 Å². The van der Waals surface area contributed by atoms with Gasteiger partial charge in [0.05, 0.1) is 12.8 Å². The zero-order valence-corrected chi connectivity index (χ0v) is 13.7. The van der Waals surface area contributed by atoms with Crippen molar-refractivity contribution in [2.24, 2.45) is 5.73 Å². The van der Waals surface area contributed by atoms with E-state index in [-0.39, 0.29) is 25.0 Å². The second-order valence-electron chi connectivity index (χ2n) is 5.83. The Kier molecular flexibility index (Phi) is 4.31. The Morgan fingerprint density at radius 1 is 1.16 bits per heavy atom. The van der Waals surface area contributed by atoms with Crippen LogP contribution in [0.5, 0.6) is 5.75 Å². The van der Waals surface area contributed by atoms with E-state index in [0.717, 1.165) is 4.90 Å². The number of carbonyl (C=O) groups excluding carboxylic acids is 3. The van der Waals surface area contributed by atoms with Gasteiger partial charge in [-0.3, -0.25) is 14.5 Å². The normalized spacial score (nSPS) is 23.2. The van der Waals surface area contributed by atoms with Crippen molar-refractivity contribution in [3.8, 4) is 5.75 Å². The molecule has 0 saturated carbocycles. The highest BCUT2D eigenvalue weighted by Crippen LogP contribution is 2.35. The number of amides is 2. The van der Waals surface area contributed by atoms with Crippen LogP contribution in [0.2, 0.25) is 0 Å². The molecule has 3 rings (SSSR count). The lowest BCUT2D eigenvalue weighted by molar-refractivity contribution is -0.161. The number of ether oxygens (including phenoxy) is 2. The van der Waals surface area contributed by atoms with E-state index in [2.05, 4.69) is 0 Å². The summed E-state index contributed by atoms with van der Waals surface area (Å²) >= 11 is 0. The zero-order valence-electron chi connectivity index (χ0n) is 13.7. The molecule has 1 aliphatic carbocycles. The van der Waals surface area contributed by atoms with Crippen molar-refractivity contribution in [1.29, 1.82) is 0 Å². The third kappa shape index (κ3) is 2.88. The molecule has 2 aliphatic rings. The molecule has 7 heteroatoms. The molecule has 1 fully saturated rings. The Balaban J connectivity index is 1.94. The molecule has 1 unspecified atom stereocenters. The lowest BCUT2D eigenvalue weighted by Crippen LogP contribution is -2.57. The van der Waals surface area contributed by atoms with Gasteiger partial charge in [0.15, 0.2) is 5.54 Å². The van der Waals surface area contributed by atoms with Gasteiger partial charge in [-0.2, -0.15) is 0 Å². The van der Waals surface area contributed by atoms with Gasteiger partial charge in [0, 0.05) is 19.3 Å². The van der Waals surface area contributed by atoms with Gasteiger partial charge in [0.25, 0.3) is 0 Å². The molecule has 1 heterocycles. The van der Waals surface area contributed by atoms with Crippen LogP contribution in [-0.2, 0) is 19.1 Å². The van der Waals surface area contributed by atoms with Gasteiger partial charge < -0.3 is 15.2 Å². The molecule has 2 amide bonds. The van der Waals surface area contributed by atoms with E-state index < -0.39 is 23.3 Å². The van der Waals surface area contributed by atoms with Crippen LogP contribution in [0.1, 0.15) is 19.3 Å². The maximum atomic E-state index is 12.4. The van der Waals surface area contributed by atoms with Crippen LogP contribution in [0.25, 0.3) is 0 Å². The van der Waals surface area contributed by atoms with Crippen LogP contribution in [0.4, 0.5) is 0 Å². The highest BCUT2D eigenvalue weighted by molar-refractivity contribution is 6.07. The summed E-state index contributed by atoms with van der Waals surface area (Å²) in [4.78, 5) is 37.7. The number of carbonyl (C=O) groups is 3. The van der Waals surface area contributed by atoms with Crippen LogP contribution in [0.3, 0.4) is 0 Å². The van der Waals surface area contributed by atoms with E-state index in [9.17, 15) is 14.4 Å². The molecule has 1 aromatic rings. The summed E-state index contributed by atoms with van der Waals surface area (Å²) < 4.78 is 10.6. The van der Waals surface area contributed by atoms with Crippen LogP contribution in [0, 0.1) is 0 Å². The quantitative estimate of drug-likeness (QED) is 0.653. The Morgan fingerprint density at radius 2 is 1.80 bits per heavy atom. The lowest BCUT2D eigenvalue weighted by atomic mass is 9.87. The second kappa shape index (κ2) is 6.43. The van der Waals surface area contributed by atoms with Crippen molar-refractivity contribution in [2.75, 3.05) is 7.11 Å². The van der Waals surface area contributed by atoms with E-state index in [1.807, 2.05) is 18.2 Å². The molecule has 2 N–H and O–H groups in total. The first-order chi connectivity index (χ1) is 12.0. The molecule has 0 radical (unpaired) electrons. The van der Waals surface area contributed by atoms with Gasteiger partial charge in [-0.05, 0) is 24.3 Å². The first kappa shape index (κ1) is 16.8. The van der Waals surface area contributed by atoms with Crippen molar-refractivity contribution >= 4 is 17.8 Å². The van der Waals surface area contributed by atoms with Gasteiger partial charge >= 0.3 is 5.97 Å². The van der Waals surface area contributed by atoms with Gasteiger partial charge in [0.1, 0.15) is 11.5 Å². The maximum Gasteiger partial charge on any atom is 0.336 e. The van der Waals surface area contributed by atoms with Gasteiger partial charge in [0.2, 0.25) is 11.8 Å². The van der Waals surface area contributed by atoms with E-state index in [1.165, 1.54) is 13.2 Å². The zero-order chi connectivity index (χ0) is 18.0. The standard InChI is InChI=1S/C18H18N2O5/c1-24-17(23)18(20-15(21)7-8-16(20)22)10-9-14(13(19)11-18)25-12-5-3-2-4-6-12/h2-6,9,11H,7-8,10,19H2,1H3. The molecule has 0 bridgehead atoms. The number of esters is 1. The third-order valence-corrected chi connectivity index (χ3v) is 4.24. The monoisotopic (exact) mass is 342 g/mol. The van der Waals surface area contributed by atoms with Crippen LogP contribution in [-0.4, -0.2) is 35.3 Å². The Bertz CT molecular complexity index is 768. The van der Waals surface area contributed by atoms with Crippen LogP contribution in [0.15, 0.2) is 53.9 Å². The average Bonchev–Trinajstić information content (AvgIpc) is 2.96. The number of likely N-dealkylation sites (tertiary alicyclic amines) is 1. The van der Waals surface area contributed by atoms with Crippen molar-refractivity contribution < 1.29 is 23.9 Å². The Hall–Kier alpha value is -3.09. The molecule has 1 aliphatic heterocycles. The molecule has 130 valence electrons. The predicted molar refractivity (Wildman–Crippen MR) is 87.9 cm³/mol. The first-order valence-electron chi connectivity index (χ1n) is 7.84. The fourth-order valence-electron chi connectivity index (χ4n) is 3.06. The highest BCUT2D eigenvalue weighted by Gasteiger charge is 2.52. The number of rotatable bonds is 4. The summed E-state index contributed by atoms with van der Waals surface area (Å²) in [5.74, 6) is -0.594. The largest absolute Gasteiger partial charge is 0.467 e. The van der Waals surface area contributed by atoms with Crippen molar-refractivity contribution in [3.05, 3.63) is 53.9 Å². The fourth-order valence-corrected chi connectivity index (χ4v) is 3.06. The number of para-hydroxylation sites is 1. The number of benzene rings is 1. The molecule has 1 aromatic carbocycles. The predicted octanol–water partition coefficient (Wildman–Crippen LogP) is 1.26. The van der Waals surface area contributed by atoms with Gasteiger partial charge in [-0.1, -0.05) is 18.2 Å². The number of nitrogens with zero attached hydrogens (tertiary/aromatic N) is 1. The summed E-state index contributed by atoms with van der Waals surface area (Å²) in [6.07, 6.45) is 3.15. The lowest BCUT2D eigenvalue weighted by Gasteiger charge is -2.37. The Morgan fingerprint density at radius 3 is 2.36 bits per heavy atom. The van der Waals surface area contributed by atoms with Crippen LogP contribution >= 0.6 is 0 Å². The number of imide groups is 1. The average molecular weight is 342 g/mol. The summed E-state index contributed by atoms with van der Waals surface area (Å²) in [7, 11) is 1.21. The van der Waals surface area contributed by atoms with Gasteiger partial charge in [-0.15, -0.1) is 0 Å². The van der Waals surface area contributed by atoms with E-state index in [4.69, 9.17) is 15.2 Å².